The molecule has 1 aromatic rings. The highest BCUT2D eigenvalue weighted by Gasteiger charge is 2.44. The van der Waals surface area contributed by atoms with Crippen LogP contribution in [0.5, 0.6) is 0 Å². The number of carbonyl (C=O) groups excluding carboxylic acids is 1. The Bertz CT molecular complexity index is 558. The van der Waals surface area contributed by atoms with E-state index in [9.17, 15) is 9.90 Å². The Balaban J connectivity index is 1.49. The van der Waals surface area contributed by atoms with Crippen LogP contribution in [-0.2, 0) is 16.1 Å². The molecule has 25 heavy (non-hydrogen) atoms. The van der Waals surface area contributed by atoms with E-state index >= 15 is 0 Å². The van der Waals surface area contributed by atoms with Crippen LogP contribution in [-0.4, -0.2) is 40.7 Å². The summed E-state index contributed by atoms with van der Waals surface area (Å²) in [5.74, 6) is 0.398. The summed E-state index contributed by atoms with van der Waals surface area (Å²) in [7, 11) is 0. The van der Waals surface area contributed by atoms with Crippen LogP contribution in [0.4, 0.5) is 0 Å². The monoisotopic (exact) mass is 345 g/mol. The van der Waals surface area contributed by atoms with Crippen molar-refractivity contribution in [3.05, 3.63) is 35.9 Å². The van der Waals surface area contributed by atoms with Crippen LogP contribution in [0.1, 0.15) is 57.4 Å². The number of hydrogen-bond acceptors (Lipinski definition) is 3. The number of benzene rings is 1. The number of carbonyl (C=O) groups is 1. The standard InChI is InChI=1S/C21H31NO3/c1-21(24)13-6-5-10-18(21)19-11-7-14-22(19)20(23)12-15-25-16-17-8-3-2-4-9-17/h2-4,8-9,18-19,24H,5-7,10-16H2,1H3/t18-,19-,21+/m1/s1. The van der Waals surface area contributed by atoms with E-state index in [1.165, 1.54) is 6.42 Å². The summed E-state index contributed by atoms with van der Waals surface area (Å²) in [5.41, 5.74) is 0.502. The van der Waals surface area contributed by atoms with E-state index in [2.05, 4.69) is 0 Å². The van der Waals surface area contributed by atoms with Crippen LogP contribution in [0.3, 0.4) is 0 Å². The first kappa shape index (κ1) is 18.4. The number of likely N-dealkylation sites (tertiary alicyclic amines) is 1. The van der Waals surface area contributed by atoms with E-state index < -0.39 is 5.60 Å². The molecule has 4 nitrogen and oxygen atoms in total. The topological polar surface area (TPSA) is 49.8 Å². The average molecular weight is 345 g/mol. The molecule has 1 amide bonds. The second-order valence-corrected chi connectivity index (χ2v) is 7.79. The predicted molar refractivity (Wildman–Crippen MR) is 98.0 cm³/mol. The molecule has 4 heteroatoms. The van der Waals surface area contributed by atoms with Crippen LogP contribution < -0.4 is 0 Å². The van der Waals surface area contributed by atoms with E-state index in [-0.39, 0.29) is 17.9 Å². The van der Waals surface area contributed by atoms with Crippen molar-refractivity contribution in [3.63, 3.8) is 0 Å². The molecule has 138 valence electrons. The Morgan fingerprint density at radius 3 is 2.80 bits per heavy atom. The highest BCUT2D eigenvalue weighted by Crippen LogP contribution is 2.40. The third-order valence-corrected chi connectivity index (χ3v) is 5.90. The van der Waals surface area contributed by atoms with Gasteiger partial charge in [0, 0.05) is 18.5 Å². The lowest BCUT2D eigenvalue weighted by atomic mass is 9.72. The summed E-state index contributed by atoms with van der Waals surface area (Å²) in [4.78, 5) is 14.7. The maximum atomic E-state index is 12.7. The molecule has 0 bridgehead atoms. The summed E-state index contributed by atoms with van der Waals surface area (Å²) >= 11 is 0. The molecule has 3 atom stereocenters. The van der Waals surface area contributed by atoms with Gasteiger partial charge in [-0.25, -0.2) is 0 Å². The van der Waals surface area contributed by atoms with Gasteiger partial charge in [0.1, 0.15) is 0 Å². The fourth-order valence-electron chi connectivity index (χ4n) is 4.54. The van der Waals surface area contributed by atoms with Gasteiger partial charge in [-0.15, -0.1) is 0 Å². The molecule has 2 fully saturated rings. The van der Waals surface area contributed by atoms with Crippen LogP contribution in [0.25, 0.3) is 0 Å². The molecule has 1 aliphatic carbocycles. The van der Waals surface area contributed by atoms with E-state index in [0.717, 1.165) is 44.2 Å². The molecular formula is C21H31NO3. The SMILES string of the molecule is C[C@]1(O)CCCC[C@@H]1[C@H]1CCCN1C(=O)CCOCc1ccccc1. The van der Waals surface area contributed by atoms with Gasteiger partial charge < -0.3 is 14.7 Å². The normalized spacial score (nSPS) is 29.8. The third kappa shape index (κ3) is 4.62. The zero-order chi connectivity index (χ0) is 17.7. The van der Waals surface area contributed by atoms with Crippen molar-refractivity contribution in [1.82, 2.24) is 4.90 Å². The lowest BCUT2D eigenvalue weighted by Crippen LogP contribution is -2.50. The predicted octanol–water partition coefficient (Wildman–Crippen LogP) is 3.53. The van der Waals surface area contributed by atoms with Crippen molar-refractivity contribution in [2.75, 3.05) is 13.2 Å². The van der Waals surface area contributed by atoms with Gasteiger partial charge in [0.25, 0.3) is 0 Å². The number of hydrogen-bond donors (Lipinski definition) is 1. The van der Waals surface area contributed by atoms with Gasteiger partial charge in [0.05, 0.1) is 25.2 Å². The minimum Gasteiger partial charge on any atom is -0.390 e. The lowest BCUT2D eigenvalue weighted by molar-refractivity contribution is -0.137. The van der Waals surface area contributed by atoms with E-state index in [1.807, 2.05) is 42.2 Å². The molecule has 1 saturated heterocycles. The number of aliphatic hydroxyl groups is 1. The Labute approximate surface area is 151 Å². The first-order valence-corrected chi connectivity index (χ1v) is 9.71. The maximum Gasteiger partial charge on any atom is 0.225 e. The van der Waals surface area contributed by atoms with Gasteiger partial charge in [-0.2, -0.15) is 0 Å². The van der Waals surface area contributed by atoms with E-state index in [0.29, 0.717) is 19.6 Å². The molecule has 1 N–H and O–H groups in total. The first-order chi connectivity index (χ1) is 12.1. The van der Waals surface area contributed by atoms with Crippen molar-refractivity contribution in [3.8, 4) is 0 Å². The zero-order valence-corrected chi connectivity index (χ0v) is 15.3. The Hall–Kier alpha value is -1.39. The number of rotatable bonds is 6. The average Bonchev–Trinajstić information content (AvgIpc) is 3.08. The number of nitrogens with zero attached hydrogens (tertiary/aromatic N) is 1. The van der Waals surface area contributed by atoms with Gasteiger partial charge >= 0.3 is 0 Å². The molecule has 2 aliphatic rings. The minimum atomic E-state index is -0.629. The highest BCUT2D eigenvalue weighted by molar-refractivity contribution is 5.77. The summed E-state index contributed by atoms with van der Waals surface area (Å²) in [6.45, 7) is 3.79. The molecular weight excluding hydrogens is 314 g/mol. The van der Waals surface area contributed by atoms with Gasteiger partial charge in [0.2, 0.25) is 5.91 Å². The van der Waals surface area contributed by atoms with Crippen molar-refractivity contribution in [1.29, 1.82) is 0 Å². The number of amides is 1. The molecule has 0 radical (unpaired) electrons. The largest absolute Gasteiger partial charge is 0.390 e. The van der Waals surface area contributed by atoms with Crippen molar-refractivity contribution < 1.29 is 14.6 Å². The van der Waals surface area contributed by atoms with Gasteiger partial charge in [0.15, 0.2) is 0 Å². The van der Waals surface area contributed by atoms with Gasteiger partial charge in [-0.05, 0) is 38.2 Å². The smallest absolute Gasteiger partial charge is 0.225 e. The molecule has 0 aromatic heterocycles. The minimum absolute atomic E-state index is 0.178. The second kappa shape index (κ2) is 8.33. The van der Waals surface area contributed by atoms with Gasteiger partial charge in [-0.3, -0.25) is 4.79 Å². The summed E-state index contributed by atoms with van der Waals surface area (Å²) < 4.78 is 5.67. The molecule has 1 aromatic carbocycles. The molecule has 1 aliphatic heterocycles. The molecule has 1 heterocycles. The molecule has 1 saturated carbocycles. The first-order valence-electron chi connectivity index (χ1n) is 9.71. The quantitative estimate of drug-likeness (QED) is 0.803. The fourth-order valence-corrected chi connectivity index (χ4v) is 4.54. The van der Waals surface area contributed by atoms with E-state index in [4.69, 9.17) is 4.74 Å². The fraction of sp³-hybridized carbons (Fsp3) is 0.667. The van der Waals surface area contributed by atoms with Crippen LogP contribution >= 0.6 is 0 Å². The Morgan fingerprint density at radius 1 is 1.24 bits per heavy atom. The summed E-state index contributed by atoms with van der Waals surface area (Å²) in [6, 6.07) is 10.2. The van der Waals surface area contributed by atoms with Gasteiger partial charge in [-0.1, -0.05) is 43.2 Å². The van der Waals surface area contributed by atoms with E-state index in [1.54, 1.807) is 0 Å². The molecule has 3 rings (SSSR count). The third-order valence-electron chi connectivity index (χ3n) is 5.90. The van der Waals surface area contributed by atoms with Crippen LogP contribution in [0.15, 0.2) is 30.3 Å². The lowest BCUT2D eigenvalue weighted by Gasteiger charge is -2.43. The Kier molecular flexibility index (Phi) is 6.13. The summed E-state index contributed by atoms with van der Waals surface area (Å²) in [5, 5.41) is 10.8. The second-order valence-electron chi connectivity index (χ2n) is 7.79. The molecule has 0 spiro atoms. The van der Waals surface area contributed by atoms with Crippen molar-refractivity contribution >= 4 is 5.91 Å². The number of ether oxygens (including phenoxy) is 1. The van der Waals surface area contributed by atoms with Crippen LogP contribution in [0, 0.1) is 5.92 Å². The van der Waals surface area contributed by atoms with Crippen molar-refractivity contribution in [2.24, 2.45) is 5.92 Å². The zero-order valence-electron chi connectivity index (χ0n) is 15.3. The van der Waals surface area contributed by atoms with Crippen LogP contribution in [0.2, 0.25) is 0 Å². The highest BCUT2D eigenvalue weighted by atomic mass is 16.5. The van der Waals surface area contributed by atoms with Crippen molar-refractivity contribution in [2.45, 2.75) is 70.1 Å². The summed E-state index contributed by atoms with van der Waals surface area (Å²) in [6.07, 6.45) is 6.66. The maximum absolute atomic E-state index is 12.7. The Morgan fingerprint density at radius 2 is 2.04 bits per heavy atom. The molecule has 0 unspecified atom stereocenters.